The van der Waals surface area contributed by atoms with Crippen molar-refractivity contribution in [3.63, 3.8) is 0 Å². The van der Waals surface area contributed by atoms with Crippen LogP contribution in [-0.2, 0) is 34.1 Å². The van der Waals surface area contributed by atoms with E-state index in [9.17, 15) is 18.0 Å². The molecule has 2 atom stereocenters. The van der Waals surface area contributed by atoms with E-state index in [0.29, 0.717) is 22.6 Å². The van der Waals surface area contributed by atoms with Gasteiger partial charge in [0.05, 0.1) is 5.56 Å². The summed E-state index contributed by atoms with van der Waals surface area (Å²) in [6.07, 6.45) is 0. The summed E-state index contributed by atoms with van der Waals surface area (Å²) in [4.78, 5) is 25.5. The smallest absolute Gasteiger partial charge is 0.417 e. The number of benzene rings is 9. The third kappa shape index (κ3) is 7.09. The number of carbonyl (C=O) groups excluding carboxylic acids is 2. The molecule has 2 aliphatic heterocycles. The van der Waals surface area contributed by atoms with Gasteiger partial charge in [-0.25, -0.2) is 4.79 Å². The van der Waals surface area contributed by atoms with E-state index in [-0.39, 0.29) is 29.2 Å². The SMILES string of the molecule is Cc1ccc(COC(=O)c2cc3ccccc3c3c2OS(=O)Oc2ccc4ccccc4c2-3)cc1.O=C(Cl)c1cc2ccccc2c2c1OS(=O)Oc1ccc3ccccc3c1-2. The van der Waals surface area contributed by atoms with Crippen LogP contribution in [-0.4, -0.2) is 19.6 Å². The number of fused-ring (bicyclic) bond motifs is 14. The molecule has 0 spiro atoms. The third-order valence-electron chi connectivity index (χ3n) is 10.8. The maximum atomic E-state index is 13.4. The highest BCUT2D eigenvalue weighted by Gasteiger charge is 2.32. The van der Waals surface area contributed by atoms with E-state index >= 15 is 0 Å². The van der Waals surface area contributed by atoms with E-state index in [1.807, 2.05) is 140 Å². The summed E-state index contributed by atoms with van der Waals surface area (Å²) in [6.45, 7) is 2.11. The first-order valence-corrected chi connectivity index (χ1v) is 21.7. The first-order valence-electron chi connectivity index (χ1n) is 19.4. The average Bonchev–Trinajstić information content (AvgIpc) is 3.55. The van der Waals surface area contributed by atoms with Crippen LogP contribution >= 0.6 is 11.6 Å². The Kier molecular flexibility index (Phi) is 10.2. The molecule has 0 radical (unpaired) electrons. The highest BCUT2D eigenvalue weighted by atomic mass is 35.5. The van der Waals surface area contributed by atoms with Crippen LogP contribution in [0.15, 0.2) is 158 Å². The van der Waals surface area contributed by atoms with Gasteiger partial charge in [0, 0.05) is 22.3 Å². The van der Waals surface area contributed by atoms with Gasteiger partial charge < -0.3 is 21.5 Å². The van der Waals surface area contributed by atoms with E-state index in [1.165, 1.54) is 0 Å². The zero-order chi connectivity index (χ0) is 42.5. The molecule has 9 aromatic rings. The monoisotopic (exact) mass is 874 g/mol. The summed E-state index contributed by atoms with van der Waals surface area (Å²) in [5.74, 6) is 0.646. The van der Waals surface area contributed by atoms with E-state index in [1.54, 1.807) is 24.3 Å². The standard InChI is InChI=1S/C29H20O5S.C21H11ClO4S/c1-18-10-12-19(13-11-18)17-32-29(30)24-16-21-7-3-5-9-23(21)27-26-22-8-4-2-6-20(22)14-15-25(26)33-35(31)34-28(24)27;22-21(23)16-11-13-6-2-4-8-15(13)19-18-14-7-3-1-5-12(14)9-10-17(18)25-27(24)26-20(16)19/h2-16H,17H2,1H3;1-11H. The highest BCUT2D eigenvalue weighted by Crippen LogP contribution is 2.51. The molecule has 12 heteroatoms. The Labute approximate surface area is 365 Å². The quantitative estimate of drug-likeness (QED) is 0.126. The summed E-state index contributed by atoms with van der Waals surface area (Å²) in [7, 11) is 0. The van der Waals surface area contributed by atoms with Crippen LogP contribution in [0.4, 0.5) is 0 Å². The van der Waals surface area contributed by atoms with Crippen LogP contribution in [0.5, 0.6) is 23.0 Å². The van der Waals surface area contributed by atoms with Gasteiger partial charge in [-0.05, 0) is 91.4 Å². The molecule has 11 rings (SSSR count). The van der Waals surface area contributed by atoms with Gasteiger partial charge >= 0.3 is 28.7 Å². The molecule has 9 aromatic carbocycles. The van der Waals surface area contributed by atoms with E-state index in [0.717, 1.165) is 65.3 Å². The van der Waals surface area contributed by atoms with Crippen LogP contribution in [0.25, 0.3) is 65.3 Å². The molecule has 0 amide bonds. The molecule has 0 bridgehead atoms. The van der Waals surface area contributed by atoms with Crippen molar-refractivity contribution in [2.24, 2.45) is 0 Å². The number of esters is 1. The Morgan fingerprint density at radius 3 is 1.40 bits per heavy atom. The minimum atomic E-state index is -2.14. The van der Waals surface area contributed by atoms with Gasteiger partial charge in [0.1, 0.15) is 12.2 Å². The van der Waals surface area contributed by atoms with Gasteiger partial charge in [0.2, 0.25) is 0 Å². The van der Waals surface area contributed by atoms with Crippen LogP contribution in [0.1, 0.15) is 31.8 Å². The van der Waals surface area contributed by atoms with Gasteiger partial charge in [0.15, 0.2) is 23.0 Å². The maximum absolute atomic E-state index is 13.4. The molecular formula is C50H31ClO9S2. The lowest BCUT2D eigenvalue weighted by molar-refractivity contribution is 0.0471. The van der Waals surface area contributed by atoms with Crippen molar-refractivity contribution >= 4 is 88.6 Å². The maximum Gasteiger partial charge on any atom is 0.417 e. The van der Waals surface area contributed by atoms with Crippen LogP contribution in [0, 0.1) is 6.92 Å². The molecule has 62 heavy (non-hydrogen) atoms. The Balaban J connectivity index is 0.000000153. The normalized spacial score (nSPS) is 14.8. The molecule has 0 saturated carbocycles. The van der Waals surface area contributed by atoms with Gasteiger partial charge in [0.25, 0.3) is 5.24 Å². The van der Waals surface area contributed by atoms with E-state index < -0.39 is 33.9 Å². The Morgan fingerprint density at radius 2 is 0.919 bits per heavy atom. The number of halogens is 1. The Hall–Kier alpha value is -7.05. The third-order valence-corrected chi connectivity index (χ3v) is 12.3. The van der Waals surface area contributed by atoms with Crippen LogP contribution < -0.4 is 16.7 Å². The predicted octanol–water partition coefficient (Wildman–Crippen LogP) is 12.1. The number of rotatable bonds is 4. The van der Waals surface area contributed by atoms with Crippen LogP contribution in [0.3, 0.4) is 0 Å². The number of hydrogen-bond acceptors (Lipinski definition) is 9. The average molecular weight is 875 g/mol. The first-order chi connectivity index (χ1) is 30.2. The summed E-state index contributed by atoms with van der Waals surface area (Å²) in [5, 5.41) is 6.49. The largest absolute Gasteiger partial charge is 0.457 e. The van der Waals surface area contributed by atoms with Crippen molar-refractivity contribution in [1.29, 1.82) is 0 Å². The molecule has 0 saturated heterocycles. The number of ether oxygens (including phenoxy) is 1. The van der Waals surface area contributed by atoms with Crippen molar-refractivity contribution < 1.29 is 39.5 Å². The molecule has 0 N–H and O–H groups in total. The van der Waals surface area contributed by atoms with Crippen LogP contribution in [0.2, 0.25) is 0 Å². The Morgan fingerprint density at radius 1 is 0.500 bits per heavy atom. The minimum absolute atomic E-state index is 0.111. The van der Waals surface area contributed by atoms with Gasteiger partial charge in [-0.3, -0.25) is 4.79 Å². The van der Waals surface area contributed by atoms with Crippen molar-refractivity contribution in [2.75, 3.05) is 0 Å². The summed E-state index contributed by atoms with van der Waals surface area (Å²) >= 11 is 1.58. The van der Waals surface area contributed by atoms with Gasteiger partial charge in [-0.1, -0.05) is 139 Å². The summed E-state index contributed by atoms with van der Waals surface area (Å²) < 4.78 is 53.3. The van der Waals surface area contributed by atoms with Crippen molar-refractivity contribution in [3.8, 4) is 45.3 Å². The first kappa shape index (κ1) is 39.1. The van der Waals surface area contributed by atoms with Crippen molar-refractivity contribution in [2.45, 2.75) is 13.5 Å². The topological polar surface area (TPSA) is 114 Å². The fourth-order valence-electron chi connectivity index (χ4n) is 8.01. The molecule has 2 unspecified atom stereocenters. The second kappa shape index (κ2) is 16.1. The molecule has 0 aromatic heterocycles. The molecule has 2 heterocycles. The lowest BCUT2D eigenvalue weighted by Crippen LogP contribution is -2.11. The number of aryl methyl sites for hydroxylation is 1. The molecule has 0 aliphatic carbocycles. The second-order valence-corrected chi connectivity index (χ2v) is 16.4. The fourth-order valence-corrected chi connectivity index (χ4v) is 9.41. The van der Waals surface area contributed by atoms with Gasteiger partial charge in [-0.2, -0.15) is 8.42 Å². The van der Waals surface area contributed by atoms with E-state index in [2.05, 4.69) is 0 Å². The zero-order valence-corrected chi connectivity index (χ0v) is 35.0. The second-order valence-electron chi connectivity index (χ2n) is 14.6. The predicted molar refractivity (Wildman–Crippen MR) is 243 cm³/mol. The van der Waals surface area contributed by atoms with Crippen molar-refractivity contribution in [1.82, 2.24) is 0 Å². The summed E-state index contributed by atoms with van der Waals surface area (Å²) in [5.41, 5.74) is 5.12. The van der Waals surface area contributed by atoms with E-state index in [4.69, 9.17) is 33.1 Å². The molecule has 0 fully saturated rings. The Bertz CT molecular complexity index is 3370. The molecule has 2 aliphatic rings. The molecule has 9 nitrogen and oxygen atoms in total. The summed E-state index contributed by atoms with van der Waals surface area (Å²) in [6, 6.07) is 49.5. The highest BCUT2D eigenvalue weighted by molar-refractivity contribution is 7.76. The van der Waals surface area contributed by atoms with Crippen molar-refractivity contribution in [3.05, 3.63) is 180 Å². The molecule has 304 valence electrons. The lowest BCUT2D eigenvalue weighted by atomic mass is 9.90. The number of hydrogen-bond donors (Lipinski definition) is 0. The molecular weight excluding hydrogens is 844 g/mol. The minimum Gasteiger partial charge on any atom is -0.457 e. The lowest BCUT2D eigenvalue weighted by Gasteiger charge is -2.16. The van der Waals surface area contributed by atoms with Gasteiger partial charge in [-0.15, -0.1) is 0 Å². The number of carbonyl (C=O) groups is 2. The zero-order valence-electron chi connectivity index (χ0n) is 32.6. The fraction of sp³-hybridized carbons (Fsp3) is 0.0400.